The van der Waals surface area contributed by atoms with E-state index in [0.29, 0.717) is 37.9 Å². The summed E-state index contributed by atoms with van der Waals surface area (Å²) < 4.78 is 0. The Kier molecular flexibility index (Phi) is 3.96. The molecule has 0 atom stereocenters. The number of rotatable bonds is 2. The smallest absolute Gasteiger partial charge is 0.253 e. The highest BCUT2D eigenvalue weighted by molar-refractivity contribution is 5.94. The minimum Gasteiger partial charge on any atom is -0.393 e. The van der Waals surface area contributed by atoms with Crippen molar-refractivity contribution in [2.75, 3.05) is 13.1 Å². The molecule has 0 unspecified atom stereocenters. The van der Waals surface area contributed by atoms with Crippen LogP contribution >= 0.6 is 0 Å². The van der Waals surface area contributed by atoms with Gasteiger partial charge in [-0.05, 0) is 30.5 Å². The molecule has 4 heteroatoms. The minimum absolute atomic E-state index is 0.00501. The number of aliphatic hydroxyl groups is 1. The summed E-state index contributed by atoms with van der Waals surface area (Å²) in [5.41, 5.74) is 1.57. The number of carbonyl (C=O) groups excluding carboxylic acids is 1. The van der Waals surface area contributed by atoms with E-state index < -0.39 is 0 Å². The molecule has 1 N–H and O–H groups in total. The van der Waals surface area contributed by atoms with Gasteiger partial charge in [-0.15, -0.1) is 0 Å². The van der Waals surface area contributed by atoms with Gasteiger partial charge in [0.05, 0.1) is 18.6 Å². The van der Waals surface area contributed by atoms with Crippen molar-refractivity contribution in [3.63, 3.8) is 0 Å². The lowest BCUT2D eigenvalue weighted by Gasteiger charge is -2.29. The zero-order valence-corrected chi connectivity index (χ0v) is 10.2. The zero-order chi connectivity index (χ0) is 13.0. The number of carbonyl (C=O) groups is 1. The fraction of sp³-hybridized carbons (Fsp3) is 0.429. The molecule has 0 saturated carbocycles. The van der Waals surface area contributed by atoms with E-state index in [0.717, 1.165) is 5.56 Å². The maximum absolute atomic E-state index is 12.2. The van der Waals surface area contributed by atoms with E-state index in [9.17, 15) is 9.90 Å². The zero-order valence-electron chi connectivity index (χ0n) is 10.2. The van der Waals surface area contributed by atoms with E-state index in [-0.39, 0.29) is 12.0 Å². The third-order valence-electron chi connectivity index (χ3n) is 3.24. The second kappa shape index (κ2) is 5.65. The molecule has 4 nitrogen and oxygen atoms in total. The van der Waals surface area contributed by atoms with Gasteiger partial charge in [0.2, 0.25) is 0 Å². The van der Waals surface area contributed by atoms with E-state index in [1.165, 1.54) is 0 Å². The number of nitriles is 1. The van der Waals surface area contributed by atoms with E-state index in [2.05, 4.69) is 6.07 Å². The van der Waals surface area contributed by atoms with Crippen molar-refractivity contribution in [3.05, 3.63) is 35.4 Å². The number of hydrogen-bond acceptors (Lipinski definition) is 3. The fourth-order valence-electron chi connectivity index (χ4n) is 2.11. The summed E-state index contributed by atoms with van der Waals surface area (Å²) in [5.74, 6) is 0.00501. The summed E-state index contributed by atoms with van der Waals surface area (Å²) in [6.07, 6.45) is 1.40. The maximum Gasteiger partial charge on any atom is 0.253 e. The van der Waals surface area contributed by atoms with Crippen molar-refractivity contribution in [3.8, 4) is 6.07 Å². The molecule has 18 heavy (non-hydrogen) atoms. The van der Waals surface area contributed by atoms with Crippen molar-refractivity contribution in [2.45, 2.75) is 25.4 Å². The lowest BCUT2D eigenvalue weighted by Crippen LogP contribution is -2.40. The number of aliphatic hydroxyl groups excluding tert-OH is 1. The third kappa shape index (κ3) is 2.88. The summed E-state index contributed by atoms with van der Waals surface area (Å²) >= 11 is 0. The molecular formula is C14H16N2O2. The van der Waals surface area contributed by atoms with Gasteiger partial charge < -0.3 is 10.0 Å². The van der Waals surface area contributed by atoms with Crippen LogP contribution in [0.25, 0.3) is 0 Å². The molecule has 0 aromatic heterocycles. The minimum atomic E-state index is -0.271. The van der Waals surface area contributed by atoms with E-state index in [4.69, 9.17) is 5.26 Å². The van der Waals surface area contributed by atoms with Crippen molar-refractivity contribution >= 4 is 5.91 Å². The van der Waals surface area contributed by atoms with Crippen molar-refractivity contribution < 1.29 is 9.90 Å². The summed E-state index contributed by atoms with van der Waals surface area (Å²) in [6.45, 7) is 1.22. The van der Waals surface area contributed by atoms with E-state index in [1.807, 2.05) is 12.1 Å². The highest BCUT2D eigenvalue weighted by Crippen LogP contribution is 2.14. The molecule has 2 rings (SSSR count). The molecule has 0 spiro atoms. The highest BCUT2D eigenvalue weighted by Gasteiger charge is 2.21. The number of nitrogens with zero attached hydrogens (tertiary/aromatic N) is 2. The van der Waals surface area contributed by atoms with Gasteiger partial charge in [-0.1, -0.05) is 12.1 Å². The second-order valence-corrected chi connectivity index (χ2v) is 4.56. The SMILES string of the molecule is N#CCc1ccc(C(=O)N2CCC(O)CC2)cc1. The van der Waals surface area contributed by atoms with Gasteiger partial charge in [-0.3, -0.25) is 4.79 Å². The topological polar surface area (TPSA) is 64.3 Å². The van der Waals surface area contributed by atoms with Crippen LogP contribution in [0, 0.1) is 11.3 Å². The van der Waals surface area contributed by atoms with Crippen LogP contribution in [0.15, 0.2) is 24.3 Å². The van der Waals surface area contributed by atoms with Gasteiger partial charge in [0.25, 0.3) is 5.91 Å². The molecule has 1 aliphatic heterocycles. The number of piperidine rings is 1. The van der Waals surface area contributed by atoms with Crippen molar-refractivity contribution in [2.24, 2.45) is 0 Å². The molecule has 1 amide bonds. The number of amides is 1. The Morgan fingerprint density at radius 2 is 1.94 bits per heavy atom. The molecule has 0 radical (unpaired) electrons. The first-order valence-electron chi connectivity index (χ1n) is 6.14. The van der Waals surface area contributed by atoms with Crippen LogP contribution in [-0.4, -0.2) is 35.1 Å². The molecule has 1 fully saturated rings. The molecule has 1 aromatic rings. The standard InChI is InChI=1S/C14H16N2O2/c15-8-5-11-1-3-12(4-2-11)14(18)16-9-6-13(17)7-10-16/h1-4,13,17H,5-7,9-10H2. The summed E-state index contributed by atoms with van der Waals surface area (Å²) in [4.78, 5) is 13.9. The van der Waals surface area contributed by atoms with Gasteiger partial charge in [0.15, 0.2) is 0 Å². The van der Waals surface area contributed by atoms with Gasteiger partial charge in [0, 0.05) is 18.7 Å². The molecule has 94 valence electrons. The van der Waals surface area contributed by atoms with Crippen LogP contribution in [0.2, 0.25) is 0 Å². The first kappa shape index (κ1) is 12.6. The normalized spacial score (nSPS) is 16.3. The molecule has 1 heterocycles. The van der Waals surface area contributed by atoms with Crippen LogP contribution in [0.4, 0.5) is 0 Å². The molecule has 1 aliphatic rings. The summed E-state index contributed by atoms with van der Waals surface area (Å²) in [6, 6.07) is 9.24. The Labute approximate surface area is 106 Å². The van der Waals surface area contributed by atoms with E-state index >= 15 is 0 Å². The molecule has 0 bridgehead atoms. The van der Waals surface area contributed by atoms with Crippen LogP contribution in [0.3, 0.4) is 0 Å². The Bertz CT molecular complexity index is 454. The molecule has 1 saturated heterocycles. The quantitative estimate of drug-likeness (QED) is 0.854. The Morgan fingerprint density at radius 1 is 1.33 bits per heavy atom. The number of likely N-dealkylation sites (tertiary alicyclic amines) is 1. The average Bonchev–Trinajstić information content (AvgIpc) is 2.40. The maximum atomic E-state index is 12.2. The predicted molar refractivity (Wildman–Crippen MR) is 66.9 cm³/mol. The lowest BCUT2D eigenvalue weighted by atomic mass is 10.1. The highest BCUT2D eigenvalue weighted by atomic mass is 16.3. The largest absolute Gasteiger partial charge is 0.393 e. The lowest BCUT2D eigenvalue weighted by molar-refractivity contribution is 0.0546. The van der Waals surface area contributed by atoms with Crippen LogP contribution in [0.1, 0.15) is 28.8 Å². The van der Waals surface area contributed by atoms with Gasteiger partial charge >= 0.3 is 0 Å². The van der Waals surface area contributed by atoms with Gasteiger partial charge in [-0.25, -0.2) is 0 Å². The number of hydrogen-bond donors (Lipinski definition) is 1. The molecular weight excluding hydrogens is 228 g/mol. The summed E-state index contributed by atoms with van der Waals surface area (Å²) in [5, 5.41) is 18.0. The predicted octanol–water partition coefficient (Wildman–Crippen LogP) is 1.35. The van der Waals surface area contributed by atoms with Crippen LogP contribution in [-0.2, 0) is 6.42 Å². The fourth-order valence-corrected chi connectivity index (χ4v) is 2.11. The first-order chi connectivity index (χ1) is 8.70. The van der Waals surface area contributed by atoms with Crippen LogP contribution < -0.4 is 0 Å². The van der Waals surface area contributed by atoms with Gasteiger partial charge in [0.1, 0.15) is 0 Å². The van der Waals surface area contributed by atoms with Crippen molar-refractivity contribution in [1.82, 2.24) is 4.90 Å². The van der Waals surface area contributed by atoms with Crippen LogP contribution in [0.5, 0.6) is 0 Å². The molecule has 1 aromatic carbocycles. The number of benzene rings is 1. The monoisotopic (exact) mass is 244 g/mol. The average molecular weight is 244 g/mol. The van der Waals surface area contributed by atoms with Crippen molar-refractivity contribution in [1.29, 1.82) is 5.26 Å². The third-order valence-corrected chi connectivity index (χ3v) is 3.24. The first-order valence-corrected chi connectivity index (χ1v) is 6.14. The molecule has 0 aliphatic carbocycles. The summed E-state index contributed by atoms with van der Waals surface area (Å²) in [7, 11) is 0. The van der Waals surface area contributed by atoms with Gasteiger partial charge in [-0.2, -0.15) is 5.26 Å². The van der Waals surface area contributed by atoms with E-state index in [1.54, 1.807) is 17.0 Å². The second-order valence-electron chi connectivity index (χ2n) is 4.56. The Morgan fingerprint density at radius 3 is 2.50 bits per heavy atom. The Balaban J connectivity index is 2.02. The Hall–Kier alpha value is -1.86.